The lowest BCUT2D eigenvalue weighted by Gasteiger charge is -2.25. The molecule has 3 nitrogen and oxygen atoms in total. The van der Waals surface area contributed by atoms with E-state index in [2.05, 4.69) is 26.1 Å². The smallest absolute Gasteiger partial charge is 0.127 e. The standard InChI is InChI=1S/C19H27NO2/c1-11-8-15-13(3)18-16(9-12(2)21-18)17(19(15)22-11)10-14-6-4-5-7-20-14/h11-12,14,20H,4-10H2,1-3H3. The molecule has 0 saturated carbocycles. The van der Waals surface area contributed by atoms with Crippen LogP contribution in [0.4, 0.5) is 0 Å². The van der Waals surface area contributed by atoms with Crippen molar-refractivity contribution < 1.29 is 9.47 Å². The lowest BCUT2D eigenvalue weighted by Crippen LogP contribution is -2.35. The molecule has 4 rings (SSSR count). The highest BCUT2D eigenvalue weighted by atomic mass is 16.5. The number of benzene rings is 1. The second-order valence-corrected chi connectivity index (χ2v) is 7.34. The van der Waals surface area contributed by atoms with Crippen LogP contribution in [0.2, 0.25) is 0 Å². The molecule has 0 aliphatic carbocycles. The highest BCUT2D eigenvalue weighted by Gasteiger charge is 2.34. The molecule has 22 heavy (non-hydrogen) atoms. The molecule has 3 aliphatic heterocycles. The molecule has 3 heteroatoms. The van der Waals surface area contributed by atoms with Gasteiger partial charge in [0.15, 0.2) is 0 Å². The molecular formula is C19H27NO2. The van der Waals surface area contributed by atoms with Crippen molar-refractivity contribution >= 4 is 0 Å². The van der Waals surface area contributed by atoms with Crippen LogP contribution in [0, 0.1) is 6.92 Å². The van der Waals surface area contributed by atoms with E-state index in [0.29, 0.717) is 18.2 Å². The number of nitrogens with one attached hydrogen (secondary N) is 1. The fourth-order valence-electron chi connectivity index (χ4n) is 4.37. The lowest BCUT2D eigenvalue weighted by atomic mass is 9.88. The van der Waals surface area contributed by atoms with Crippen LogP contribution in [-0.4, -0.2) is 24.8 Å². The van der Waals surface area contributed by atoms with Gasteiger partial charge in [-0.1, -0.05) is 6.42 Å². The van der Waals surface area contributed by atoms with Gasteiger partial charge in [-0.3, -0.25) is 0 Å². The predicted molar refractivity (Wildman–Crippen MR) is 88.1 cm³/mol. The van der Waals surface area contributed by atoms with Gasteiger partial charge in [-0.25, -0.2) is 0 Å². The summed E-state index contributed by atoms with van der Waals surface area (Å²) in [6.07, 6.45) is 7.68. The Morgan fingerprint density at radius 2 is 1.73 bits per heavy atom. The summed E-state index contributed by atoms with van der Waals surface area (Å²) < 4.78 is 12.4. The average Bonchev–Trinajstić information content (AvgIpc) is 3.08. The minimum Gasteiger partial charge on any atom is -0.490 e. The van der Waals surface area contributed by atoms with Crippen LogP contribution < -0.4 is 14.8 Å². The van der Waals surface area contributed by atoms with Gasteiger partial charge in [0.05, 0.1) is 0 Å². The molecule has 3 unspecified atom stereocenters. The molecule has 1 N–H and O–H groups in total. The van der Waals surface area contributed by atoms with E-state index in [9.17, 15) is 0 Å². The van der Waals surface area contributed by atoms with Crippen molar-refractivity contribution in [1.29, 1.82) is 0 Å². The van der Waals surface area contributed by atoms with Crippen LogP contribution in [0.5, 0.6) is 11.5 Å². The van der Waals surface area contributed by atoms with E-state index in [4.69, 9.17) is 9.47 Å². The molecule has 3 aliphatic rings. The summed E-state index contributed by atoms with van der Waals surface area (Å²) in [6, 6.07) is 0.597. The third-order valence-electron chi connectivity index (χ3n) is 5.46. The number of rotatable bonds is 2. The Hall–Kier alpha value is -1.22. The topological polar surface area (TPSA) is 30.5 Å². The van der Waals surface area contributed by atoms with Crippen LogP contribution in [0.25, 0.3) is 0 Å². The second-order valence-electron chi connectivity index (χ2n) is 7.34. The Labute approximate surface area is 133 Å². The summed E-state index contributed by atoms with van der Waals surface area (Å²) in [7, 11) is 0. The summed E-state index contributed by atoms with van der Waals surface area (Å²) in [5.41, 5.74) is 5.57. The van der Waals surface area contributed by atoms with Gasteiger partial charge in [0.25, 0.3) is 0 Å². The van der Waals surface area contributed by atoms with E-state index in [0.717, 1.165) is 31.6 Å². The van der Waals surface area contributed by atoms with E-state index in [1.807, 2.05) is 0 Å². The van der Waals surface area contributed by atoms with Crippen molar-refractivity contribution in [1.82, 2.24) is 5.32 Å². The minimum atomic E-state index is 0.298. The van der Waals surface area contributed by atoms with E-state index in [1.54, 1.807) is 0 Å². The van der Waals surface area contributed by atoms with Gasteiger partial charge in [0.1, 0.15) is 23.7 Å². The maximum Gasteiger partial charge on any atom is 0.127 e. The molecule has 3 atom stereocenters. The van der Waals surface area contributed by atoms with Gasteiger partial charge in [-0.2, -0.15) is 0 Å². The Morgan fingerprint density at radius 3 is 2.45 bits per heavy atom. The zero-order valence-corrected chi connectivity index (χ0v) is 14.0. The Kier molecular flexibility index (Phi) is 3.56. The number of piperidine rings is 1. The molecular weight excluding hydrogens is 274 g/mol. The van der Waals surface area contributed by atoms with E-state index in [1.165, 1.54) is 47.3 Å². The third kappa shape index (κ3) is 2.30. The van der Waals surface area contributed by atoms with Crippen molar-refractivity contribution in [2.24, 2.45) is 0 Å². The molecule has 0 aromatic heterocycles. The molecule has 3 heterocycles. The predicted octanol–water partition coefficient (Wildman–Crippen LogP) is 3.33. The quantitative estimate of drug-likeness (QED) is 0.909. The maximum atomic E-state index is 6.24. The molecule has 1 aromatic rings. The van der Waals surface area contributed by atoms with Gasteiger partial charge in [0.2, 0.25) is 0 Å². The first-order valence-corrected chi connectivity index (χ1v) is 8.87. The van der Waals surface area contributed by atoms with Crippen molar-refractivity contribution in [3.63, 3.8) is 0 Å². The van der Waals surface area contributed by atoms with Gasteiger partial charge < -0.3 is 14.8 Å². The summed E-state index contributed by atoms with van der Waals surface area (Å²) in [5.74, 6) is 2.35. The average molecular weight is 301 g/mol. The monoisotopic (exact) mass is 301 g/mol. The van der Waals surface area contributed by atoms with Crippen LogP contribution in [0.1, 0.15) is 55.4 Å². The van der Waals surface area contributed by atoms with Crippen molar-refractivity contribution in [3.8, 4) is 11.5 Å². The van der Waals surface area contributed by atoms with Crippen molar-refractivity contribution in [2.75, 3.05) is 6.54 Å². The Balaban J connectivity index is 1.76. The first-order valence-electron chi connectivity index (χ1n) is 8.87. The van der Waals surface area contributed by atoms with E-state index in [-0.39, 0.29) is 0 Å². The molecule has 120 valence electrons. The van der Waals surface area contributed by atoms with Gasteiger partial charge in [-0.05, 0) is 52.1 Å². The third-order valence-corrected chi connectivity index (χ3v) is 5.46. The number of ether oxygens (including phenoxy) is 2. The second kappa shape index (κ2) is 5.45. The van der Waals surface area contributed by atoms with Gasteiger partial charge in [-0.15, -0.1) is 0 Å². The summed E-state index contributed by atoms with van der Waals surface area (Å²) in [5, 5.41) is 3.69. The number of hydrogen-bond donors (Lipinski definition) is 1. The fourth-order valence-corrected chi connectivity index (χ4v) is 4.37. The summed E-state index contributed by atoms with van der Waals surface area (Å²) >= 11 is 0. The Bertz CT molecular complexity index is 551. The SMILES string of the molecule is Cc1c2c(c(CC3CCCCN3)c3c1OC(C)C3)OC(C)C2. The van der Waals surface area contributed by atoms with Crippen LogP contribution >= 0.6 is 0 Å². The normalized spacial score (nSPS) is 29.7. The molecule has 0 bridgehead atoms. The highest BCUT2D eigenvalue weighted by Crippen LogP contribution is 2.47. The highest BCUT2D eigenvalue weighted by molar-refractivity contribution is 5.62. The number of hydrogen-bond acceptors (Lipinski definition) is 3. The van der Waals surface area contributed by atoms with Gasteiger partial charge in [0, 0.05) is 35.6 Å². The molecule has 0 amide bonds. The molecule has 1 aromatic carbocycles. The van der Waals surface area contributed by atoms with Crippen LogP contribution in [0.15, 0.2) is 0 Å². The van der Waals surface area contributed by atoms with Crippen LogP contribution in [-0.2, 0) is 19.3 Å². The zero-order valence-electron chi connectivity index (χ0n) is 14.0. The summed E-state index contributed by atoms with van der Waals surface area (Å²) in [6.45, 7) is 7.72. The van der Waals surface area contributed by atoms with Crippen molar-refractivity contribution in [2.45, 2.75) is 77.5 Å². The minimum absolute atomic E-state index is 0.298. The van der Waals surface area contributed by atoms with Crippen molar-refractivity contribution in [3.05, 3.63) is 22.3 Å². The molecule has 0 spiro atoms. The fraction of sp³-hybridized carbons (Fsp3) is 0.684. The zero-order chi connectivity index (χ0) is 15.3. The van der Waals surface area contributed by atoms with Crippen LogP contribution in [0.3, 0.4) is 0 Å². The van der Waals surface area contributed by atoms with Gasteiger partial charge >= 0.3 is 0 Å². The molecule has 1 fully saturated rings. The Morgan fingerprint density at radius 1 is 1.00 bits per heavy atom. The summed E-state index contributed by atoms with van der Waals surface area (Å²) in [4.78, 5) is 0. The largest absolute Gasteiger partial charge is 0.490 e. The molecule has 1 saturated heterocycles. The van der Waals surface area contributed by atoms with E-state index >= 15 is 0 Å². The molecule has 0 radical (unpaired) electrons. The number of fused-ring (bicyclic) bond motifs is 2. The maximum absolute atomic E-state index is 6.24. The van der Waals surface area contributed by atoms with E-state index < -0.39 is 0 Å². The first-order chi connectivity index (χ1) is 10.6. The lowest BCUT2D eigenvalue weighted by molar-refractivity contribution is 0.250. The first kappa shape index (κ1) is 14.4.